The van der Waals surface area contributed by atoms with Gasteiger partial charge in [-0.3, -0.25) is 9.69 Å². The Kier molecular flexibility index (Phi) is 8.20. The van der Waals surface area contributed by atoms with Crippen molar-refractivity contribution in [2.45, 2.75) is 55.9 Å². The first-order valence-electron chi connectivity index (χ1n) is 9.96. The molecular weight excluding hydrogens is 364 g/mol. The van der Waals surface area contributed by atoms with Gasteiger partial charge in [0.1, 0.15) is 0 Å². The maximum atomic E-state index is 12.0. The fraction of sp³-hybridized carbons (Fsp3) is 0.889. The Morgan fingerprint density at radius 1 is 1.22 bits per heavy atom. The Morgan fingerprint density at radius 3 is 2.59 bits per heavy atom. The molecule has 27 heavy (non-hydrogen) atoms. The highest BCUT2D eigenvalue weighted by atomic mass is 32.2. The van der Waals surface area contributed by atoms with Gasteiger partial charge in [-0.15, -0.1) is 0 Å². The van der Waals surface area contributed by atoms with Gasteiger partial charge in [-0.05, 0) is 26.7 Å². The van der Waals surface area contributed by atoms with Gasteiger partial charge in [0, 0.05) is 56.7 Å². The molecule has 1 unspecified atom stereocenters. The number of nitrogens with zero attached hydrogens (tertiary/aromatic N) is 1. The number of urea groups is 1. The van der Waals surface area contributed by atoms with Crippen LogP contribution in [0, 0.1) is 0 Å². The Hall–Kier alpha value is -1.03. The summed E-state index contributed by atoms with van der Waals surface area (Å²) in [4.78, 5) is 26.0. The molecule has 0 radical (unpaired) electrons. The number of unbranched alkanes of at least 4 members (excludes halogenated alkanes) is 1. The molecule has 2 aliphatic heterocycles. The molecule has 2 heterocycles. The first-order chi connectivity index (χ1) is 12.8. The quantitative estimate of drug-likeness (QED) is 0.229. The first-order valence-corrected chi connectivity index (χ1v) is 11.0. The second-order valence-electron chi connectivity index (χ2n) is 7.93. The zero-order valence-corrected chi connectivity index (χ0v) is 17.5. The van der Waals surface area contributed by atoms with E-state index in [2.05, 4.69) is 34.7 Å². The molecule has 0 aliphatic carbocycles. The second-order valence-corrected chi connectivity index (χ2v) is 9.12. The molecule has 0 aromatic rings. The molecule has 3 amide bonds. The van der Waals surface area contributed by atoms with Crippen molar-refractivity contribution in [1.29, 1.82) is 0 Å². The van der Waals surface area contributed by atoms with Crippen LogP contribution >= 0.6 is 11.8 Å². The average Bonchev–Trinajstić information content (AvgIpc) is 2.96. The van der Waals surface area contributed by atoms with Crippen LogP contribution in [0.4, 0.5) is 4.79 Å². The van der Waals surface area contributed by atoms with Gasteiger partial charge in [0.2, 0.25) is 5.91 Å². The topological polar surface area (TPSA) is 126 Å². The van der Waals surface area contributed by atoms with Crippen LogP contribution in [0.25, 0.3) is 0 Å². The van der Waals surface area contributed by atoms with Crippen LogP contribution in [-0.2, 0) is 4.79 Å². The van der Waals surface area contributed by atoms with Gasteiger partial charge >= 0.3 is 6.03 Å². The highest BCUT2D eigenvalue weighted by Crippen LogP contribution is 2.47. The van der Waals surface area contributed by atoms with Crippen molar-refractivity contribution >= 4 is 23.7 Å². The number of carbonyl (C=O) groups excluding carboxylic acids is 2. The van der Waals surface area contributed by atoms with E-state index in [1.165, 1.54) is 0 Å². The van der Waals surface area contributed by atoms with Gasteiger partial charge in [-0.25, -0.2) is 4.79 Å². The minimum absolute atomic E-state index is 0.0667. The first kappa shape index (κ1) is 22.3. The molecule has 156 valence electrons. The Bertz CT molecular complexity index is 516. The largest absolute Gasteiger partial charge is 0.355 e. The predicted octanol–water partition coefficient (Wildman–Crippen LogP) is -0.172. The number of carbonyl (C=O) groups is 2. The smallest absolute Gasteiger partial charge is 0.315 e. The van der Waals surface area contributed by atoms with E-state index in [1.807, 2.05) is 11.8 Å². The summed E-state index contributed by atoms with van der Waals surface area (Å²) in [6, 6.07) is -0.0667. The van der Waals surface area contributed by atoms with Gasteiger partial charge in [-0.1, -0.05) is 6.42 Å². The predicted molar refractivity (Wildman–Crippen MR) is 111 cm³/mol. The lowest BCUT2D eigenvalue weighted by Crippen LogP contribution is -2.58. The van der Waals surface area contributed by atoms with Crippen LogP contribution in [0.1, 0.15) is 39.5 Å². The summed E-state index contributed by atoms with van der Waals surface area (Å²) < 4.78 is 0. The van der Waals surface area contributed by atoms with E-state index >= 15 is 0 Å². The molecule has 0 saturated carbocycles. The molecule has 2 rings (SSSR count). The molecule has 0 aromatic heterocycles. The lowest BCUT2D eigenvalue weighted by molar-refractivity contribution is -0.121. The summed E-state index contributed by atoms with van der Waals surface area (Å²) in [5, 5.41) is 9.55. The number of nitrogens with one attached hydrogen (secondary N) is 3. The maximum Gasteiger partial charge on any atom is 0.315 e. The summed E-state index contributed by atoms with van der Waals surface area (Å²) in [6.45, 7) is 8.46. The zero-order chi connectivity index (χ0) is 19.9. The lowest BCUT2D eigenvalue weighted by atomic mass is 9.79. The SMILES string of the molecule is C[C@@]12CSC(CCCCC(=O)NCCN(CCN)CCN)[C@]1(C)NC(=O)N2. The van der Waals surface area contributed by atoms with E-state index in [-0.39, 0.29) is 23.0 Å². The lowest BCUT2D eigenvalue weighted by Gasteiger charge is -2.35. The molecule has 2 aliphatic rings. The van der Waals surface area contributed by atoms with E-state index < -0.39 is 0 Å². The minimum Gasteiger partial charge on any atom is -0.355 e. The van der Waals surface area contributed by atoms with Crippen LogP contribution in [0.5, 0.6) is 0 Å². The molecule has 7 N–H and O–H groups in total. The summed E-state index contributed by atoms with van der Waals surface area (Å²) in [7, 11) is 0. The molecule has 2 fully saturated rings. The number of thioether (sulfide) groups is 1. The van der Waals surface area contributed by atoms with E-state index in [4.69, 9.17) is 11.5 Å². The van der Waals surface area contributed by atoms with Crippen molar-refractivity contribution in [2.24, 2.45) is 11.5 Å². The Balaban J connectivity index is 1.61. The van der Waals surface area contributed by atoms with Gasteiger partial charge in [0.05, 0.1) is 11.1 Å². The number of rotatable bonds is 12. The monoisotopic (exact) mass is 400 g/mol. The van der Waals surface area contributed by atoms with E-state index in [0.717, 1.165) is 44.6 Å². The number of nitrogens with two attached hydrogens (primary N) is 2. The van der Waals surface area contributed by atoms with Crippen molar-refractivity contribution in [3.8, 4) is 0 Å². The third-order valence-electron chi connectivity index (χ3n) is 5.89. The molecule has 0 aromatic carbocycles. The van der Waals surface area contributed by atoms with Crippen molar-refractivity contribution in [3.05, 3.63) is 0 Å². The zero-order valence-electron chi connectivity index (χ0n) is 16.7. The molecular formula is C18H36N6O2S. The van der Waals surface area contributed by atoms with Crippen molar-refractivity contribution in [3.63, 3.8) is 0 Å². The van der Waals surface area contributed by atoms with E-state index in [9.17, 15) is 9.59 Å². The third kappa shape index (κ3) is 5.49. The number of fused-ring (bicyclic) bond motifs is 1. The average molecular weight is 401 g/mol. The Morgan fingerprint density at radius 2 is 1.93 bits per heavy atom. The third-order valence-corrected chi connectivity index (χ3v) is 7.74. The van der Waals surface area contributed by atoms with Gasteiger partial charge < -0.3 is 27.4 Å². The molecule has 2 saturated heterocycles. The van der Waals surface area contributed by atoms with E-state index in [1.54, 1.807) is 0 Å². The number of hydrogen-bond acceptors (Lipinski definition) is 6. The standard InChI is InChI=1S/C18H36N6O2S/c1-17-13-27-14(18(17,2)23-16(26)22-17)5-3-4-6-15(25)21-9-12-24(10-7-19)11-8-20/h14H,3-13,19-20H2,1-2H3,(H,21,25)(H2,22,23,26)/t14?,17-,18+/m1/s1. The second kappa shape index (κ2) is 9.95. The molecule has 9 heteroatoms. The van der Waals surface area contributed by atoms with E-state index in [0.29, 0.717) is 31.3 Å². The highest BCUT2D eigenvalue weighted by molar-refractivity contribution is 8.00. The number of amides is 3. The molecule has 0 bridgehead atoms. The highest BCUT2D eigenvalue weighted by Gasteiger charge is 2.60. The van der Waals surface area contributed by atoms with Crippen LogP contribution in [0.15, 0.2) is 0 Å². The van der Waals surface area contributed by atoms with Crippen LogP contribution in [-0.4, -0.2) is 78.2 Å². The Labute approximate surface area is 166 Å². The fourth-order valence-electron chi connectivity index (χ4n) is 3.97. The van der Waals surface area contributed by atoms with Crippen LogP contribution < -0.4 is 27.4 Å². The van der Waals surface area contributed by atoms with Gasteiger partial charge in [-0.2, -0.15) is 11.8 Å². The summed E-state index contributed by atoms with van der Waals surface area (Å²) in [5.74, 6) is 1.02. The van der Waals surface area contributed by atoms with Crippen LogP contribution in [0.2, 0.25) is 0 Å². The molecule has 3 atom stereocenters. The normalized spacial score (nSPS) is 29.5. The van der Waals surface area contributed by atoms with Gasteiger partial charge in [0.25, 0.3) is 0 Å². The number of hydrogen-bond donors (Lipinski definition) is 5. The van der Waals surface area contributed by atoms with Gasteiger partial charge in [0.15, 0.2) is 0 Å². The maximum absolute atomic E-state index is 12.0. The minimum atomic E-state index is -0.216. The van der Waals surface area contributed by atoms with Crippen molar-refractivity contribution in [2.75, 3.05) is 45.0 Å². The fourth-order valence-corrected chi connectivity index (χ4v) is 5.86. The molecule has 0 spiro atoms. The van der Waals surface area contributed by atoms with Crippen molar-refractivity contribution in [1.82, 2.24) is 20.9 Å². The summed E-state index contributed by atoms with van der Waals surface area (Å²) in [6.07, 6.45) is 3.40. The summed E-state index contributed by atoms with van der Waals surface area (Å²) >= 11 is 1.92. The molecule has 8 nitrogen and oxygen atoms in total. The summed E-state index contributed by atoms with van der Waals surface area (Å²) in [5.41, 5.74) is 10.8. The van der Waals surface area contributed by atoms with Crippen molar-refractivity contribution < 1.29 is 9.59 Å². The van der Waals surface area contributed by atoms with Crippen LogP contribution in [0.3, 0.4) is 0 Å².